The van der Waals surface area contributed by atoms with Gasteiger partial charge in [-0.2, -0.15) is 28.5 Å². The Labute approximate surface area is 189 Å². The van der Waals surface area contributed by atoms with Gasteiger partial charge in [0.1, 0.15) is 5.69 Å². The van der Waals surface area contributed by atoms with Gasteiger partial charge in [0.15, 0.2) is 5.69 Å². The first-order valence-electron chi connectivity index (χ1n) is 10.2. The predicted octanol–water partition coefficient (Wildman–Crippen LogP) is 2.41. The molecule has 4 rings (SSSR count). The zero-order valence-electron chi connectivity index (χ0n) is 18.0. The van der Waals surface area contributed by atoms with Crippen LogP contribution in [0.15, 0.2) is 31.0 Å². The molecule has 1 amide bonds. The lowest BCUT2D eigenvalue weighted by Crippen LogP contribution is -2.57. The Hall–Kier alpha value is -3.65. The number of hydrogen-bond donors (Lipinski definition) is 1. The molecule has 0 saturated carbocycles. The van der Waals surface area contributed by atoms with E-state index in [0.29, 0.717) is 12.4 Å². The third kappa shape index (κ3) is 4.82. The number of carbonyl (C=O) groups excluding carboxylic acids is 1. The number of anilines is 1. The number of hydrogen-bond acceptors (Lipinski definition) is 7. The molecule has 3 aromatic heterocycles. The molecule has 1 aliphatic rings. The maximum absolute atomic E-state index is 14.5. The SMILES string of the molecule is C[C@@H]1CC(F)(F)CN(C(=O)c2nn(C)cc2-n2nccn2)[C@@H]1CNc1ncc(C(F)(F)F)cn1. The fourth-order valence-corrected chi connectivity index (χ4v) is 3.89. The summed E-state index contributed by atoms with van der Waals surface area (Å²) in [6, 6.07) is -0.738. The van der Waals surface area contributed by atoms with Gasteiger partial charge in [0, 0.05) is 32.4 Å². The average molecular weight is 485 g/mol. The number of rotatable bonds is 5. The van der Waals surface area contributed by atoms with Gasteiger partial charge in [0.2, 0.25) is 5.95 Å². The lowest BCUT2D eigenvalue weighted by molar-refractivity contribution is -0.138. The molecule has 182 valence electrons. The van der Waals surface area contributed by atoms with Crippen molar-refractivity contribution in [3.63, 3.8) is 0 Å². The van der Waals surface area contributed by atoms with Crippen LogP contribution in [-0.2, 0) is 13.2 Å². The van der Waals surface area contributed by atoms with Crippen LogP contribution in [0.2, 0.25) is 0 Å². The fourth-order valence-electron chi connectivity index (χ4n) is 3.89. The highest BCUT2D eigenvalue weighted by atomic mass is 19.4. The minimum Gasteiger partial charge on any atom is -0.352 e. The molecule has 0 radical (unpaired) electrons. The molecular weight excluding hydrogens is 465 g/mol. The van der Waals surface area contributed by atoms with Crippen molar-refractivity contribution in [2.45, 2.75) is 31.5 Å². The molecule has 2 atom stereocenters. The van der Waals surface area contributed by atoms with Crippen LogP contribution in [-0.4, -0.2) is 70.6 Å². The first-order chi connectivity index (χ1) is 15.9. The lowest BCUT2D eigenvalue weighted by Gasteiger charge is -2.43. The molecule has 10 nitrogen and oxygen atoms in total. The standard InChI is InChI=1S/C19H20F5N9O/c1-11-5-18(20,21)10-32(13(11)8-27-17-25-6-12(7-26-17)19(22,23)24)16(34)15-14(9-31(2)30-15)33-28-3-4-29-33/h3-4,6-7,9,11,13H,5,8,10H2,1-2H3,(H,25,26,27)/t11-,13-/m1/s1. The normalized spacial score (nSPS) is 20.4. The van der Waals surface area contributed by atoms with Crippen molar-refractivity contribution < 1.29 is 26.7 Å². The molecular formula is C19H20F5N9O. The van der Waals surface area contributed by atoms with E-state index in [2.05, 4.69) is 30.6 Å². The summed E-state index contributed by atoms with van der Waals surface area (Å²) >= 11 is 0. The second-order valence-electron chi connectivity index (χ2n) is 8.07. The Kier molecular flexibility index (Phi) is 5.95. The molecule has 1 fully saturated rings. The second kappa shape index (κ2) is 8.61. The molecule has 1 N–H and O–H groups in total. The number of piperidine rings is 1. The average Bonchev–Trinajstić information content (AvgIpc) is 3.41. The summed E-state index contributed by atoms with van der Waals surface area (Å²) in [6.07, 6.45) is 0.468. The van der Waals surface area contributed by atoms with Crippen molar-refractivity contribution in [2.75, 3.05) is 18.4 Å². The van der Waals surface area contributed by atoms with Gasteiger partial charge < -0.3 is 10.2 Å². The van der Waals surface area contributed by atoms with Crippen LogP contribution in [0.1, 0.15) is 29.4 Å². The molecule has 0 unspecified atom stereocenters. The molecule has 34 heavy (non-hydrogen) atoms. The van der Waals surface area contributed by atoms with E-state index in [4.69, 9.17) is 0 Å². The van der Waals surface area contributed by atoms with Gasteiger partial charge in [-0.3, -0.25) is 9.48 Å². The molecule has 0 aromatic carbocycles. The maximum atomic E-state index is 14.5. The Morgan fingerprint density at radius 3 is 2.47 bits per heavy atom. The van der Waals surface area contributed by atoms with E-state index >= 15 is 0 Å². The van der Waals surface area contributed by atoms with Crippen LogP contribution in [0.25, 0.3) is 5.69 Å². The van der Waals surface area contributed by atoms with E-state index < -0.39 is 48.5 Å². The fraction of sp³-hybridized carbons (Fsp3) is 0.474. The Morgan fingerprint density at radius 1 is 1.21 bits per heavy atom. The number of carbonyl (C=O) groups is 1. The highest BCUT2D eigenvalue weighted by Crippen LogP contribution is 2.35. The first-order valence-corrected chi connectivity index (χ1v) is 10.2. The summed E-state index contributed by atoms with van der Waals surface area (Å²) in [4.78, 5) is 22.8. The van der Waals surface area contributed by atoms with Gasteiger partial charge in [-0.15, -0.1) is 4.80 Å². The summed E-state index contributed by atoms with van der Waals surface area (Å²) in [6.45, 7) is 0.664. The van der Waals surface area contributed by atoms with Gasteiger partial charge in [-0.1, -0.05) is 6.92 Å². The summed E-state index contributed by atoms with van der Waals surface area (Å²) in [7, 11) is 1.57. The van der Waals surface area contributed by atoms with Crippen molar-refractivity contribution >= 4 is 11.9 Å². The quantitative estimate of drug-likeness (QED) is 0.553. The van der Waals surface area contributed by atoms with E-state index in [9.17, 15) is 26.7 Å². The van der Waals surface area contributed by atoms with E-state index in [1.54, 1.807) is 14.0 Å². The summed E-state index contributed by atoms with van der Waals surface area (Å²) < 4.78 is 68.4. The summed E-state index contributed by atoms with van der Waals surface area (Å²) in [5, 5.41) is 14.8. The number of aryl methyl sites for hydroxylation is 1. The Balaban J connectivity index is 1.58. The second-order valence-corrected chi connectivity index (χ2v) is 8.07. The summed E-state index contributed by atoms with van der Waals surface area (Å²) in [5.74, 6) is -4.65. The van der Waals surface area contributed by atoms with E-state index in [1.165, 1.54) is 23.3 Å². The zero-order valence-corrected chi connectivity index (χ0v) is 18.0. The minimum absolute atomic E-state index is 0.0590. The number of halogens is 5. The van der Waals surface area contributed by atoms with Crippen molar-refractivity contribution in [3.8, 4) is 5.69 Å². The van der Waals surface area contributed by atoms with Gasteiger partial charge in [0.25, 0.3) is 11.8 Å². The minimum atomic E-state index is -4.59. The highest BCUT2D eigenvalue weighted by Gasteiger charge is 2.47. The first kappa shape index (κ1) is 23.5. The zero-order chi connectivity index (χ0) is 24.7. The Bertz CT molecular complexity index is 1140. The molecule has 0 aliphatic carbocycles. The lowest BCUT2D eigenvalue weighted by atomic mass is 9.88. The predicted molar refractivity (Wildman–Crippen MR) is 107 cm³/mol. The van der Waals surface area contributed by atoms with Crippen molar-refractivity contribution in [1.29, 1.82) is 0 Å². The largest absolute Gasteiger partial charge is 0.419 e. The van der Waals surface area contributed by atoms with Crippen molar-refractivity contribution in [3.05, 3.63) is 42.2 Å². The molecule has 15 heteroatoms. The number of alkyl halides is 5. The van der Waals surface area contributed by atoms with Gasteiger partial charge in [-0.05, 0) is 5.92 Å². The molecule has 3 aromatic rings. The molecule has 1 aliphatic heterocycles. The third-order valence-electron chi connectivity index (χ3n) is 5.44. The van der Waals surface area contributed by atoms with Crippen molar-refractivity contribution in [1.82, 2.24) is 39.6 Å². The van der Waals surface area contributed by atoms with Crippen molar-refractivity contribution in [2.24, 2.45) is 13.0 Å². The number of aromatic nitrogens is 7. The molecule has 0 spiro atoms. The number of likely N-dealkylation sites (tertiary alicyclic amines) is 1. The van der Waals surface area contributed by atoms with Crippen LogP contribution in [0.3, 0.4) is 0 Å². The molecule has 4 heterocycles. The number of nitrogens with zero attached hydrogens (tertiary/aromatic N) is 8. The smallest absolute Gasteiger partial charge is 0.352 e. The van der Waals surface area contributed by atoms with Crippen LogP contribution >= 0.6 is 0 Å². The van der Waals surface area contributed by atoms with E-state index in [-0.39, 0.29) is 23.9 Å². The van der Waals surface area contributed by atoms with Gasteiger partial charge >= 0.3 is 6.18 Å². The van der Waals surface area contributed by atoms with Gasteiger partial charge in [0.05, 0.1) is 36.7 Å². The van der Waals surface area contributed by atoms with Gasteiger partial charge in [-0.25, -0.2) is 18.7 Å². The molecule has 1 saturated heterocycles. The topological polar surface area (TPSA) is 107 Å². The van der Waals surface area contributed by atoms with Crippen LogP contribution in [0, 0.1) is 5.92 Å². The molecule has 0 bridgehead atoms. The van der Waals surface area contributed by atoms with Crippen LogP contribution in [0.5, 0.6) is 0 Å². The van der Waals surface area contributed by atoms with E-state index in [1.807, 2.05) is 0 Å². The Morgan fingerprint density at radius 2 is 1.85 bits per heavy atom. The highest BCUT2D eigenvalue weighted by molar-refractivity contribution is 5.96. The van der Waals surface area contributed by atoms with Crippen LogP contribution in [0.4, 0.5) is 27.9 Å². The third-order valence-corrected chi connectivity index (χ3v) is 5.44. The number of amides is 1. The van der Waals surface area contributed by atoms with Crippen LogP contribution < -0.4 is 5.32 Å². The maximum Gasteiger partial charge on any atom is 0.419 e. The summed E-state index contributed by atoms with van der Waals surface area (Å²) in [5.41, 5.74) is -0.911. The van der Waals surface area contributed by atoms with E-state index in [0.717, 1.165) is 9.70 Å². The monoisotopic (exact) mass is 485 g/mol. The number of nitrogens with one attached hydrogen (secondary N) is 1.